The van der Waals surface area contributed by atoms with Gasteiger partial charge in [-0.2, -0.15) is 22.0 Å². The Bertz CT molecular complexity index is 378. The van der Waals surface area contributed by atoms with E-state index in [-0.39, 0.29) is 12.2 Å². The Kier molecular flexibility index (Phi) is 9.61. The number of hydrogen-bond acceptors (Lipinski definition) is 3. The maximum Gasteiger partial charge on any atom is 0.453 e. The Morgan fingerprint density at radius 2 is 1.62 bits per heavy atom. The largest absolute Gasteiger partial charge is 0.459 e. The summed E-state index contributed by atoms with van der Waals surface area (Å²) in [5.41, 5.74) is -0.663. The summed E-state index contributed by atoms with van der Waals surface area (Å²) < 4.78 is 67.3. The number of carbonyl (C=O) groups excluding carboxylic acids is 1. The lowest BCUT2D eigenvalue weighted by molar-refractivity contribution is -0.284. The molecule has 0 heterocycles. The van der Waals surface area contributed by atoms with Crippen LogP contribution in [-0.4, -0.2) is 34.7 Å². The van der Waals surface area contributed by atoms with Crippen molar-refractivity contribution in [3.05, 3.63) is 0 Å². The second-order valence-corrected chi connectivity index (χ2v) is 8.01. The van der Waals surface area contributed by atoms with E-state index in [2.05, 4.69) is 0 Å². The van der Waals surface area contributed by atoms with Gasteiger partial charge in [-0.25, -0.2) is 0 Å². The molecule has 0 aliphatic heterocycles. The third-order valence-corrected chi connectivity index (χ3v) is 4.46. The molecule has 1 atom stereocenters. The Morgan fingerprint density at radius 1 is 1.04 bits per heavy atom. The number of hydrogen-bond donors (Lipinski definition) is 0. The van der Waals surface area contributed by atoms with Crippen LogP contribution in [0.5, 0.6) is 0 Å². The van der Waals surface area contributed by atoms with Crippen LogP contribution in [-0.2, 0) is 9.53 Å². The SMILES string of the molecule is CCCCCC(SCCCC(F)(F)C(F)(F)F)C(=O)OC(C)(C)C. The lowest BCUT2D eigenvalue weighted by Crippen LogP contribution is -2.36. The number of esters is 1. The second kappa shape index (κ2) is 9.82. The number of carbonyl (C=O) groups is 1. The number of ether oxygens (including phenoxy) is 1. The van der Waals surface area contributed by atoms with Crippen LogP contribution in [0.15, 0.2) is 0 Å². The van der Waals surface area contributed by atoms with Gasteiger partial charge in [0.05, 0.1) is 0 Å². The first-order valence-electron chi connectivity index (χ1n) is 8.09. The number of unbranched alkanes of at least 4 members (excludes halogenated alkanes) is 2. The topological polar surface area (TPSA) is 26.3 Å². The summed E-state index contributed by atoms with van der Waals surface area (Å²) >= 11 is 1.10. The average Bonchev–Trinajstić information content (AvgIpc) is 2.38. The van der Waals surface area contributed by atoms with Gasteiger partial charge in [-0.05, 0) is 39.4 Å². The molecular weight excluding hydrogens is 351 g/mol. The van der Waals surface area contributed by atoms with E-state index >= 15 is 0 Å². The minimum atomic E-state index is -5.52. The van der Waals surface area contributed by atoms with E-state index in [0.29, 0.717) is 6.42 Å². The molecule has 0 aliphatic carbocycles. The summed E-state index contributed by atoms with van der Waals surface area (Å²) in [6.45, 7) is 7.18. The molecule has 0 fully saturated rings. The van der Waals surface area contributed by atoms with Crippen molar-refractivity contribution in [2.45, 2.75) is 89.2 Å². The first kappa shape index (κ1) is 23.5. The van der Waals surface area contributed by atoms with Gasteiger partial charge in [0.1, 0.15) is 10.9 Å². The summed E-state index contributed by atoms with van der Waals surface area (Å²) in [5, 5.41) is -0.532. The van der Waals surface area contributed by atoms with E-state index in [1.165, 1.54) is 0 Å². The molecule has 24 heavy (non-hydrogen) atoms. The average molecular weight is 378 g/mol. The molecule has 0 rings (SSSR count). The number of thioether (sulfide) groups is 1. The van der Waals surface area contributed by atoms with E-state index in [1.54, 1.807) is 20.8 Å². The first-order chi connectivity index (χ1) is 10.8. The van der Waals surface area contributed by atoms with Crippen molar-refractivity contribution < 1.29 is 31.5 Å². The molecule has 0 spiro atoms. The number of rotatable bonds is 10. The van der Waals surface area contributed by atoms with Crippen molar-refractivity contribution >= 4 is 17.7 Å². The van der Waals surface area contributed by atoms with Crippen molar-refractivity contribution in [1.82, 2.24) is 0 Å². The van der Waals surface area contributed by atoms with Gasteiger partial charge in [0.25, 0.3) is 0 Å². The van der Waals surface area contributed by atoms with Gasteiger partial charge >= 0.3 is 18.1 Å². The fraction of sp³-hybridized carbons (Fsp3) is 0.938. The summed E-state index contributed by atoms with van der Waals surface area (Å²) in [4.78, 5) is 12.1. The van der Waals surface area contributed by atoms with E-state index in [9.17, 15) is 26.7 Å². The molecule has 0 radical (unpaired) electrons. The highest BCUT2D eigenvalue weighted by atomic mass is 32.2. The molecule has 0 saturated heterocycles. The molecule has 0 bridgehead atoms. The van der Waals surface area contributed by atoms with Crippen LogP contribution in [0.2, 0.25) is 0 Å². The fourth-order valence-corrected chi connectivity index (χ4v) is 2.99. The molecule has 0 aliphatic rings. The summed E-state index contributed by atoms with van der Waals surface area (Å²) in [5.74, 6) is -5.06. The van der Waals surface area contributed by atoms with E-state index < -0.39 is 35.3 Å². The molecular formula is C16H27F5O2S. The molecule has 0 aromatic heterocycles. The van der Waals surface area contributed by atoms with Gasteiger partial charge in [0, 0.05) is 6.42 Å². The number of alkyl halides is 5. The molecule has 0 aromatic carbocycles. The Hall–Kier alpha value is -0.530. The summed E-state index contributed by atoms with van der Waals surface area (Å²) in [7, 11) is 0. The predicted octanol–water partition coefficient (Wildman–Crippen LogP) is 5.99. The maximum atomic E-state index is 12.9. The maximum absolute atomic E-state index is 12.9. The highest BCUT2D eigenvalue weighted by Crippen LogP contribution is 2.39. The standard InChI is InChI=1S/C16H27F5O2S/c1-5-6-7-9-12(13(22)23-14(2,3)4)24-11-8-10-15(17,18)16(19,20)21/h12H,5-11H2,1-4H3. The van der Waals surface area contributed by atoms with Gasteiger partial charge in [-0.3, -0.25) is 4.79 Å². The van der Waals surface area contributed by atoms with Crippen molar-refractivity contribution in [2.24, 2.45) is 0 Å². The van der Waals surface area contributed by atoms with Gasteiger partial charge in [-0.15, -0.1) is 11.8 Å². The van der Waals surface area contributed by atoms with Crippen LogP contribution in [0.25, 0.3) is 0 Å². The van der Waals surface area contributed by atoms with Crippen molar-refractivity contribution in [1.29, 1.82) is 0 Å². The lowest BCUT2D eigenvalue weighted by Gasteiger charge is -2.24. The Labute approximate surface area is 144 Å². The highest BCUT2D eigenvalue weighted by Gasteiger charge is 2.56. The van der Waals surface area contributed by atoms with Crippen LogP contribution < -0.4 is 0 Å². The molecule has 144 valence electrons. The highest BCUT2D eigenvalue weighted by molar-refractivity contribution is 8.00. The van der Waals surface area contributed by atoms with Gasteiger partial charge < -0.3 is 4.74 Å². The van der Waals surface area contributed by atoms with Crippen LogP contribution >= 0.6 is 11.8 Å². The zero-order valence-corrected chi connectivity index (χ0v) is 15.5. The quantitative estimate of drug-likeness (QED) is 0.265. The second-order valence-electron chi connectivity index (χ2n) is 6.69. The zero-order chi connectivity index (χ0) is 19.0. The van der Waals surface area contributed by atoms with Crippen LogP contribution in [0, 0.1) is 0 Å². The third-order valence-electron chi connectivity index (χ3n) is 3.11. The molecule has 0 N–H and O–H groups in total. The van der Waals surface area contributed by atoms with Crippen LogP contribution in [0.4, 0.5) is 22.0 Å². The van der Waals surface area contributed by atoms with Gasteiger partial charge in [-0.1, -0.05) is 26.2 Å². The third kappa shape index (κ3) is 9.69. The normalized spacial score (nSPS) is 14.5. The molecule has 8 heteroatoms. The molecule has 1 unspecified atom stereocenters. The first-order valence-corrected chi connectivity index (χ1v) is 9.14. The minimum Gasteiger partial charge on any atom is -0.459 e. The van der Waals surface area contributed by atoms with Crippen molar-refractivity contribution in [3.8, 4) is 0 Å². The Morgan fingerprint density at radius 3 is 2.08 bits per heavy atom. The molecule has 2 nitrogen and oxygen atoms in total. The zero-order valence-electron chi connectivity index (χ0n) is 14.6. The van der Waals surface area contributed by atoms with E-state index in [4.69, 9.17) is 4.74 Å². The lowest BCUT2D eigenvalue weighted by atomic mass is 10.1. The Balaban J connectivity index is 4.48. The van der Waals surface area contributed by atoms with E-state index in [1.807, 2.05) is 6.92 Å². The summed E-state index contributed by atoms with van der Waals surface area (Å²) in [6, 6.07) is 0. The van der Waals surface area contributed by atoms with E-state index in [0.717, 1.165) is 31.0 Å². The van der Waals surface area contributed by atoms with Crippen molar-refractivity contribution in [3.63, 3.8) is 0 Å². The monoisotopic (exact) mass is 378 g/mol. The van der Waals surface area contributed by atoms with Gasteiger partial charge in [0.15, 0.2) is 0 Å². The summed E-state index contributed by atoms with van der Waals surface area (Å²) in [6.07, 6.45) is -3.90. The van der Waals surface area contributed by atoms with Crippen molar-refractivity contribution in [2.75, 3.05) is 5.75 Å². The molecule has 0 saturated carbocycles. The number of halogens is 5. The van der Waals surface area contributed by atoms with Gasteiger partial charge in [0.2, 0.25) is 0 Å². The van der Waals surface area contributed by atoms with Crippen LogP contribution in [0.3, 0.4) is 0 Å². The smallest absolute Gasteiger partial charge is 0.453 e. The van der Waals surface area contributed by atoms with Crippen LogP contribution in [0.1, 0.15) is 66.2 Å². The fourth-order valence-electron chi connectivity index (χ4n) is 1.88. The minimum absolute atomic E-state index is 0.0572. The predicted molar refractivity (Wildman–Crippen MR) is 86.5 cm³/mol. The molecule has 0 aromatic rings. The molecule has 0 amide bonds.